The molecule has 10 heteroatoms. The van der Waals surface area contributed by atoms with Gasteiger partial charge in [-0.05, 0) is 67.9 Å². The molecule has 5 heterocycles. The summed E-state index contributed by atoms with van der Waals surface area (Å²) in [5, 5.41) is 8.62. The van der Waals surface area contributed by atoms with Gasteiger partial charge in [0.25, 0.3) is 0 Å². The smallest absolute Gasteiger partial charge is 0.237 e. The molecule has 2 aromatic heterocycles. The van der Waals surface area contributed by atoms with Crippen molar-refractivity contribution >= 4 is 34.1 Å². The van der Waals surface area contributed by atoms with Crippen LogP contribution in [-0.2, 0) is 9.59 Å². The fourth-order valence-corrected chi connectivity index (χ4v) is 7.43. The number of benzene rings is 3. The lowest BCUT2D eigenvalue weighted by Gasteiger charge is -2.36. The third-order valence-corrected chi connectivity index (χ3v) is 9.88. The summed E-state index contributed by atoms with van der Waals surface area (Å²) in [6.45, 7) is 3.30. The fourth-order valence-electron chi connectivity index (χ4n) is 7.43. The first kappa shape index (κ1) is 28.4. The van der Waals surface area contributed by atoms with Gasteiger partial charge >= 0.3 is 0 Å². The molecule has 0 saturated carbocycles. The highest BCUT2D eigenvalue weighted by atomic mass is 16.2. The monoisotopic (exact) mass is 612 g/mol. The molecule has 10 nitrogen and oxygen atoms in total. The van der Waals surface area contributed by atoms with Gasteiger partial charge in [0.2, 0.25) is 11.8 Å². The molecule has 3 aromatic carbocycles. The molecule has 2 bridgehead atoms. The number of likely N-dealkylation sites (tertiary alicyclic amines) is 2. The highest BCUT2D eigenvalue weighted by molar-refractivity contribution is 6.00. The number of anilines is 2. The molecule has 3 aliphatic rings. The first-order valence-electron chi connectivity index (χ1n) is 16.0. The fraction of sp³-hybridized carbons (Fsp3) is 0.306. The molecular weight excluding hydrogens is 576 g/mol. The van der Waals surface area contributed by atoms with Crippen molar-refractivity contribution in [3.8, 4) is 22.6 Å². The van der Waals surface area contributed by atoms with Gasteiger partial charge in [-0.2, -0.15) is 5.10 Å². The third kappa shape index (κ3) is 5.18. The van der Waals surface area contributed by atoms with Gasteiger partial charge in [-0.15, -0.1) is 0 Å². The van der Waals surface area contributed by atoms with E-state index in [0.29, 0.717) is 19.1 Å². The average molecular weight is 613 g/mol. The van der Waals surface area contributed by atoms with Crippen LogP contribution in [0.5, 0.6) is 0 Å². The number of fused-ring (bicyclic) bond motifs is 3. The van der Waals surface area contributed by atoms with Crippen LogP contribution in [0.1, 0.15) is 12.8 Å². The Morgan fingerprint density at radius 2 is 1.70 bits per heavy atom. The van der Waals surface area contributed by atoms with Crippen molar-refractivity contribution < 1.29 is 9.59 Å². The van der Waals surface area contributed by atoms with Crippen LogP contribution in [0.2, 0.25) is 0 Å². The molecule has 0 aliphatic carbocycles. The Balaban J connectivity index is 0.866. The highest BCUT2D eigenvalue weighted by Gasteiger charge is 2.45. The molecule has 5 aromatic rings. The van der Waals surface area contributed by atoms with Gasteiger partial charge in [0.1, 0.15) is 0 Å². The number of aromatic amines is 1. The van der Waals surface area contributed by atoms with Crippen molar-refractivity contribution in [3.63, 3.8) is 0 Å². The van der Waals surface area contributed by atoms with Gasteiger partial charge in [-0.1, -0.05) is 30.3 Å². The molecule has 0 radical (unpaired) electrons. The van der Waals surface area contributed by atoms with E-state index in [4.69, 9.17) is 0 Å². The Kier molecular flexibility index (Phi) is 7.21. The van der Waals surface area contributed by atoms with Crippen LogP contribution in [0, 0.1) is 5.92 Å². The van der Waals surface area contributed by atoms with E-state index in [1.54, 1.807) is 17.3 Å². The van der Waals surface area contributed by atoms with E-state index in [1.807, 2.05) is 61.6 Å². The lowest BCUT2D eigenvalue weighted by atomic mass is 10.1. The Bertz CT molecular complexity index is 1880. The van der Waals surface area contributed by atoms with Crippen molar-refractivity contribution in [2.24, 2.45) is 5.92 Å². The maximum Gasteiger partial charge on any atom is 0.237 e. The zero-order valence-corrected chi connectivity index (χ0v) is 25.8. The van der Waals surface area contributed by atoms with Crippen molar-refractivity contribution in [3.05, 3.63) is 91.3 Å². The van der Waals surface area contributed by atoms with Gasteiger partial charge in [0.05, 0.1) is 29.7 Å². The first-order chi connectivity index (χ1) is 22.5. The molecule has 3 aliphatic heterocycles. The number of H-pyrrole nitrogens is 1. The SMILES string of the molecule is CN(C(=O)C1CCN(CC(=O)N2C[C@H]3C[C@@H]2CN3c2ccc(-c3ncccn3)cc2)C1)c1ccc2[nH]nc(-c3ccccc3)c2c1. The van der Waals surface area contributed by atoms with Gasteiger partial charge in [-0.25, -0.2) is 9.97 Å². The molecule has 2 amide bonds. The number of hydrogen-bond acceptors (Lipinski definition) is 7. The quantitative estimate of drug-likeness (QED) is 0.290. The van der Waals surface area contributed by atoms with Crippen LogP contribution in [0.25, 0.3) is 33.5 Å². The molecule has 3 saturated heterocycles. The number of nitrogens with zero attached hydrogens (tertiary/aromatic N) is 7. The average Bonchev–Trinajstić information content (AvgIpc) is 3.92. The maximum absolute atomic E-state index is 13.6. The first-order valence-corrected chi connectivity index (χ1v) is 16.0. The van der Waals surface area contributed by atoms with E-state index in [-0.39, 0.29) is 23.8 Å². The van der Waals surface area contributed by atoms with Crippen LogP contribution >= 0.6 is 0 Å². The maximum atomic E-state index is 13.6. The molecule has 232 valence electrons. The predicted octanol–water partition coefficient (Wildman–Crippen LogP) is 4.46. The summed E-state index contributed by atoms with van der Waals surface area (Å²) in [7, 11) is 1.84. The van der Waals surface area contributed by atoms with Gasteiger partial charge in [0, 0.05) is 73.0 Å². The molecule has 3 atom stereocenters. The summed E-state index contributed by atoms with van der Waals surface area (Å²) in [5.74, 6) is 0.837. The summed E-state index contributed by atoms with van der Waals surface area (Å²) < 4.78 is 0. The summed E-state index contributed by atoms with van der Waals surface area (Å²) in [6, 6.07) is 26.8. The van der Waals surface area contributed by atoms with Gasteiger partial charge in [0.15, 0.2) is 5.82 Å². The molecule has 8 rings (SSSR count). The number of carbonyl (C=O) groups is 2. The van der Waals surface area contributed by atoms with Crippen LogP contribution in [-0.4, -0.2) is 93.6 Å². The van der Waals surface area contributed by atoms with Crippen LogP contribution < -0.4 is 9.80 Å². The summed E-state index contributed by atoms with van der Waals surface area (Å²) in [5.41, 5.74) is 5.85. The number of amides is 2. The molecule has 0 spiro atoms. The summed E-state index contributed by atoms with van der Waals surface area (Å²) >= 11 is 0. The highest BCUT2D eigenvalue weighted by Crippen LogP contribution is 2.36. The Morgan fingerprint density at radius 3 is 2.46 bits per heavy atom. The normalized spacial score (nSPS) is 20.9. The van der Waals surface area contributed by atoms with Crippen LogP contribution in [0.4, 0.5) is 11.4 Å². The molecule has 1 unspecified atom stereocenters. The van der Waals surface area contributed by atoms with E-state index in [2.05, 4.69) is 59.1 Å². The zero-order valence-electron chi connectivity index (χ0n) is 25.8. The lowest BCUT2D eigenvalue weighted by molar-refractivity contribution is -0.133. The van der Waals surface area contributed by atoms with Crippen LogP contribution in [0.15, 0.2) is 91.3 Å². The second-order valence-corrected chi connectivity index (χ2v) is 12.6. The Hall–Kier alpha value is -5.09. The lowest BCUT2D eigenvalue weighted by Crippen LogP contribution is -2.51. The van der Waals surface area contributed by atoms with Gasteiger partial charge < -0.3 is 14.7 Å². The minimum absolute atomic E-state index is 0.0831. The van der Waals surface area contributed by atoms with Crippen molar-refractivity contribution in [2.75, 3.05) is 49.6 Å². The number of nitrogens with one attached hydrogen (secondary N) is 1. The molecule has 46 heavy (non-hydrogen) atoms. The van der Waals surface area contributed by atoms with Gasteiger partial charge in [-0.3, -0.25) is 19.6 Å². The summed E-state index contributed by atoms with van der Waals surface area (Å²) in [4.78, 5) is 44.2. The largest absolute Gasteiger partial charge is 0.365 e. The number of aromatic nitrogens is 4. The number of piperazine rings is 1. The van der Waals surface area contributed by atoms with E-state index >= 15 is 0 Å². The van der Waals surface area contributed by atoms with E-state index in [1.165, 1.54) is 5.69 Å². The second kappa shape index (κ2) is 11.7. The topological polar surface area (TPSA) is 102 Å². The van der Waals surface area contributed by atoms with Crippen molar-refractivity contribution in [2.45, 2.75) is 24.9 Å². The molecule has 1 N–H and O–H groups in total. The molecular formula is C36H36N8O2. The van der Waals surface area contributed by atoms with E-state index in [9.17, 15) is 9.59 Å². The number of rotatable bonds is 7. The Morgan fingerprint density at radius 1 is 0.891 bits per heavy atom. The number of hydrogen-bond donors (Lipinski definition) is 1. The molecule has 3 fully saturated rings. The van der Waals surface area contributed by atoms with Crippen molar-refractivity contribution in [1.29, 1.82) is 0 Å². The summed E-state index contributed by atoms with van der Waals surface area (Å²) in [6.07, 6.45) is 5.26. The zero-order chi connectivity index (χ0) is 31.2. The number of carbonyl (C=O) groups excluding carboxylic acids is 2. The minimum atomic E-state index is -0.138. The third-order valence-electron chi connectivity index (χ3n) is 9.88. The standard InChI is InChI=1S/C36H36N8O2/c1-41(28-12-13-32-31(19-28)34(40-39-32)24-6-3-2-4-7-24)36(46)26-14-17-42(20-26)23-33(45)44-22-29-18-30(44)21-43(29)27-10-8-25(9-11-27)35-37-15-5-16-38-35/h2-13,15-16,19,26,29-30H,14,17-18,20-23H2,1H3,(H,39,40)/t26?,29-,30-/m1/s1. The second-order valence-electron chi connectivity index (χ2n) is 12.6. The van der Waals surface area contributed by atoms with Crippen molar-refractivity contribution in [1.82, 2.24) is 30.0 Å². The van der Waals surface area contributed by atoms with E-state index in [0.717, 1.165) is 71.7 Å². The van der Waals surface area contributed by atoms with Crippen LogP contribution in [0.3, 0.4) is 0 Å². The predicted molar refractivity (Wildman–Crippen MR) is 178 cm³/mol. The Labute approximate surface area is 267 Å². The minimum Gasteiger partial charge on any atom is -0.365 e. The van der Waals surface area contributed by atoms with E-state index < -0.39 is 0 Å².